The Bertz CT molecular complexity index is 1640. The number of aryl methyl sites for hydroxylation is 2. The van der Waals surface area contributed by atoms with Crippen LogP contribution in [-0.4, -0.2) is 4.40 Å². The summed E-state index contributed by atoms with van der Waals surface area (Å²) < 4.78 is 44.1. The van der Waals surface area contributed by atoms with Crippen LogP contribution in [0, 0.1) is 6.92 Å². The quantitative estimate of drug-likeness (QED) is 0.266. The summed E-state index contributed by atoms with van der Waals surface area (Å²) in [5.74, 6) is 0. The second-order valence-corrected chi connectivity index (χ2v) is 8.09. The smallest absolute Gasteiger partial charge is 0.312 e. The molecule has 0 saturated heterocycles. The zero-order valence-corrected chi connectivity index (χ0v) is 17.0. The van der Waals surface area contributed by atoms with Crippen LogP contribution in [0.5, 0.6) is 0 Å². The van der Waals surface area contributed by atoms with Gasteiger partial charge in [-0.3, -0.25) is 0 Å². The Labute approximate surface area is 176 Å². The van der Waals surface area contributed by atoms with E-state index in [9.17, 15) is 13.2 Å². The number of alkyl halides is 3. The number of halogens is 3. The minimum Gasteiger partial charge on any atom is -0.312 e. The fraction of sp³-hybridized carbons (Fsp3) is 0.115. The Kier molecular flexibility index (Phi) is 3.51. The van der Waals surface area contributed by atoms with Crippen LogP contribution in [0.25, 0.3) is 49.2 Å². The number of aromatic nitrogens is 2. The molecule has 5 heteroatoms. The third-order valence-electron chi connectivity index (χ3n) is 6.36. The van der Waals surface area contributed by atoms with Crippen LogP contribution < -0.4 is 4.57 Å². The summed E-state index contributed by atoms with van der Waals surface area (Å²) in [6.07, 6.45) is -2.53. The molecule has 6 aromatic rings. The van der Waals surface area contributed by atoms with Crippen molar-refractivity contribution in [3.63, 3.8) is 0 Å². The van der Waals surface area contributed by atoms with Crippen molar-refractivity contribution in [2.24, 2.45) is 7.05 Å². The van der Waals surface area contributed by atoms with E-state index < -0.39 is 11.7 Å². The second kappa shape index (κ2) is 5.97. The first-order chi connectivity index (χ1) is 14.9. The Morgan fingerprint density at radius 2 is 1.55 bits per heavy atom. The molecule has 0 aliphatic rings. The van der Waals surface area contributed by atoms with E-state index in [4.69, 9.17) is 0 Å². The molecule has 0 atom stereocenters. The van der Waals surface area contributed by atoms with Crippen LogP contribution in [0.15, 0.2) is 72.9 Å². The van der Waals surface area contributed by atoms with Crippen LogP contribution in [-0.2, 0) is 13.2 Å². The Morgan fingerprint density at radius 1 is 0.806 bits per heavy atom. The van der Waals surface area contributed by atoms with Crippen LogP contribution >= 0.6 is 0 Å². The molecule has 0 amide bonds. The Morgan fingerprint density at radius 3 is 2.35 bits per heavy atom. The molecule has 3 aromatic heterocycles. The predicted octanol–water partition coefficient (Wildman–Crippen LogP) is 6.66. The van der Waals surface area contributed by atoms with Gasteiger partial charge in [0, 0.05) is 27.9 Å². The zero-order chi connectivity index (χ0) is 21.5. The van der Waals surface area contributed by atoms with Crippen molar-refractivity contribution >= 4 is 38.0 Å². The average Bonchev–Trinajstić information content (AvgIpc) is 3.24. The van der Waals surface area contributed by atoms with Gasteiger partial charge >= 0.3 is 6.18 Å². The van der Waals surface area contributed by atoms with E-state index in [1.54, 1.807) is 12.1 Å². The van der Waals surface area contributed by atoms with E-state index in [1.165, 1.54) is 22.9 Å². The second-order valence-electron chi connectivity index (χ2n) is 8.09. The van der Waals surface area contributed by atoms with Gasteiger partial charge in [0.1, 0.15) is 7.05 Å². The number of nitrogens with zero attached hydrogens (tertiary/aromatic N) is 2. The number of para-hydroxylation sites is 2. The van der Waals surface area contributed by atoms with Gasteiger partial charge in [0.15, 0.2) is 6.20 Å². The van der Waals surface area contributed by atoms with Crippen LogP contribution in [0.3, 0.4) is 0 Å². The fourth-order valence-electron chi connectivity index (χ4n) is 5.03. The summed E-state index contributed by atoms with van der Waals surface area (Å²) in [6.45, 7) is 2.09. The van der Waals surface area contributed by atoms with Crippen molar-refractivity contribution in [2.45, 2.75) is 13.1 Å². The molecule has 0 spiro atoms. The number of hydrogen-bond donors (Lipinski definition) is 0. The van der Waals surface area contributed by atoms with Gasteiger partial charge in [0.25, 0.3) is 0 Å². The lowest BCUT2D eigenvalue weighted by Gasteiger charge is -2.10. The van der Waals surface area contributed by atoms with E-state index in [2.05, 4.69) is 41.7 Å². The number of pyridine rings is 1. The molecule has 0 saturated carbocycles. The SMILES string of the molecule is Cc1c(-c2c3ccc(C(F)(F)F)cc3cc[n+]2C)c2cccc3c4ccccc4n1c23. The predicted molar refractivity (Wildman–Crippen MR) is 117 cm³/mol. The maximum atomic E-state index is 13.3. The van der Waals surface area contributed by atoms with E-state index in [1.807, 2.05) is 29.9 Å². The Hall–Kier alpha value is -3.60. The molecule has 31 heavy (non-hydrogen) atoms. The van der Waals surface area contributed by atoms with Crippen molar-refractivity contribution < 1.29 is 17.7 Å². The van der Waals surface area contributed by atoms with Crippen LogP contribution in [0.1, 0.15) is 11.3 Å². The topological polar surface area (TPSA) is 8.29 Å². The summed E-state index contributed by atoms with van der Waals surface area (Å²) in [7, 11) is 1.94. The standard InChI is InChI=1S/C26H18F3N2/c1-15-23(21-8-5-7-20-19-6-3-4-9-22(19)31(15)24(20)21)25-18-11-10-17(26(27,28)29)14-16(18)12-13-30(25)2/h3-14H,1-2H3/q+1. The molecule has 0 fully saturated rings. The molecule has 0 aliphatic carbocycles. The normalized spacial score (nSPS) is 12.7. The largest absolute Gasteiger partial charge is 0.416 e. The van der Waals surface area contributed by atoms with Crippen molar-refractivity contribution in [1.82, 2.24) is 4.40 Å². The molecular weight excluding hydrogens is 397 g/mol. The first-order valence-corrected chi connectivity index (χ1v) is 10.1. The van der Waals surface area contributed by atoms with Gasteiger partial charge in [-0.05, 0) is 36.6 Å². The fourth-order valence-corrected chi connectivity index (χ4v) is 5.03. The highest BCUT2D eigenvalue weighted by molar-refractivity contribution is 6.19. The minimum atomic E-state index is -4.36. The van der Waals surface area contributed by atoms with Crippen molar-refractivity contribution in [2.75, 3.05) is 0 Å². The summed E-state index contributed by atoms with van der Waals surface area (Å²) in [5.41, 5.74) is 4.72. The lowest BCUT2D eigenvalue weighted by Crippen LogP contribution is -2.30. The first-order valence-electron chi connectivity index (χ1n) is 10.1. The zero-order valence-electron chi connectivity index (χ0n) is 17.0. The third-order valence-corrected chi connectivity index (χ3v) is 6.36. The monoisotopic (exact) mass is 415 g/mol. The molecule has 6 rings (SSSR count). The molecule has 152 valence electrons. The number of rotatable bonds is 1. The molecule has 2 nitrogen and oxygen atoms in total. The summed E-state index contributed by atoms with van der Waals surface area (Å²) in [6, 6.07) is 20.4. The summed E-state index contributed by atoms with van der Waals surface area (Å²) in [4.78, 5) is 0. The van der Waals surface area contributed by atoms with Crippen molar-refractivity contribution in [3.05, 3.63) is 84.2 Å². The first kappa shape index (κ1) is 18.2. The molecule has 0 bridgehead atoms. The number of benzene rings is 3. The van der Waals surface area contributed by atoms with Crippen molar-refractivity contribution in [1.29, 1.82) is 0 Å². The molecule has 3 heterocycles. The van der Waals surface area contributed by atoms with Crippen LogP contribution in [0.4, 0.5) is 13.2 Å². The molecule has 0 radical (unpaired) electrons. The van der Waals surface area contributed by atoms with E-state index in [0.717, 1.165) is 38.8 Å². The molecule has 0 N–H and O–H groups in total. The van der Waals surface area contributed by atoms with Gasteiger partial charge in [-0.15, -0.1) is 0 Å². The molecule has 0 unspecified atom stereocenters. The van der Waals surface area contributed by atoms with Crippen LogP contribution in [0.2, 0.25) is 0 Å². The number of hydrogen-bond acceptors (Lipinski definition) is 0. The minimum absolute atomic E-state index is 0.580. The lowest BCUT2D eigenvalue weighted by molar-refractivity contribution is -0.659. The van der Waals surface area contributed by atoms with Gasteiger partial charge in [0.2, 0.25) is 5.69 Å². The lowest BCUT2D eigenvalue weighted by atomic mass is 9.98. The summed E-state index contributed by atoms with van der Waals surface area (Å²) in [5, 5.41) is 4.88. The van der Waals surface area contributed by atoms with Crippen molar-refractivity contribution in [3.8, 4) is 11.3 Å². The number of fused-ring (bicyclic) bond motifs is 4. The highest BCUT2D eigenvalue weighted by Gasteiger charge is 2.32. The van der Waals surface area contributed by atoms with Gasteiger partial charge in [-0.2, -0.15) is 13.2 Å². The van der Waals surface area contributed by atoms with Gasteiger partial charge in [-0.1, -0.05) is 36.4 Å². The van der Waals surface area contributed by atoms with E-state index >= 15 is 0 Å². The average molecular weight is 415 g/mol. The maximum Gasteiger partial charge on any atom is 0.416 e. The maximum absolute atomic E-state index is 13.3. The molecular formula is C26H18F3N2+. The highest BCUT2D eigenvalue weighted by Crippen LogP contribution is 2.42. The van der Waals surface area contributed by atoms with E-state index in [-0.39, 0.29) is 0 Å². The molecule has 3 aromatic carbocycles. The highest BCUT2D eigenvalue weighted by atomic mass is 19.4. The van der Waals surface area contributed by atoms with Gasteiger partial charge < -0.3 is 4.40 Å². The van der Waals surface area contributed by atoms with E-state index in [0.29, 0.717) is 5.39 Å². The Balaban J connectivity index is 1.76. The molecule has 0 aliphatic heterocycles. The third kappa shape index (κ3) is 2.37. The van der Waals surface area contributed by atoms with Gasteiger partial charge in [0.05, 0.1) is 27.5 Å². The van der Waals surface area contributed by atoms with Gasteiger partial charge in [-0.25, -0.2) is 4.57 Å². The summed E-state index contributed by atoms with van der Waals surface area (Å²) >= 11 is 0.